The van der Waals surface area contributed by atoms with Gasteiger partial charge < -0.3 is 19.6 Å². The van der Waals surface area contributed by atoms with Gasteiger partial charge in [0.05, 0.1) is 12.2 Å². The number of benzene rings is 3. The SMILES string of the molecule is O=C(CCCOc1cccc2ccccc12)N1CCN(C(=O)c2ccccc2O)CC1. The molecule has 0 bridgehead atoms. The minimum absolute atomic E-state index is 0.0165. The number of phenols is 1. The smallest absolute Gasteiger partial charge is 0.257 e. The van der Waals surface area contributed by atoms with Gasteiger partial charge in [0.25, 0.3) is 5.91 Å². The van der Waals surface area contributed by atoms with Crippen LogP contribution in [0.5, 0.6) is 11.5 Å². The highest BCUT2D eigenvalue weighted by molar-refractivity contribution is 5.97. The summed E-state index contributed by atoms with van der Waals surface area (Å²) in [5.41, 5.74) is 0.299. The molecule has 0 spiro atoms. The molecule has 1 aliphatic rings. The summed E-state index contributed by atoms with van der Waals surface area (Å²) in [6, 6.07) is 20.6. The van der Waals surface area contributed by atoms with E-state index in [2.05, 4.69) is 12.1 Å². The number of ether oxygens (including phenoxy) is 1. The molecule has 160 valence electrons. The number of para-hydroxylation sites is 1. The van der Waals surface area contributed by atoms with Gasteiger partial charge in [-0.25, -0.2) is 0 Å². The Kier molecular flexibility index (Phi) is 6.36. The van der Waals surface area contributed by atoms with E-state index in [-0.39, 0.29) is 17.6 Å². The highest BCUT2D eigenvalue weighted by Gasteiger charge is 2.25. The van der Waals surface area contributed by atoms with Crippen LogP contribution in [0.3, 0.4) is 0 Å². The van der Waals surface area contributed by atoms with Gasteiger partial charge in [0.15, 0.2) is 0 Å². The monoisotopic (exact) mass is 418 g/mol. The third-order valence-corrected chi connectivity index (χ3v) is 5.60. The van der Waals surface area contributed by atoms with Crippen LogP contribution in [0, 0.1) is 0 Å². The molecule has 0 radical (unpaired) electrons. The second-order valence-electron chi connectivity index (χ2n) is 7.62. The van der Waals surface area contributed by atoms with Crippen LogP contribution in [-0.2, 0) is 4.79 Å². The van der Waals surface area contributed by atoms with E-state index in [4.69, 9.17) is 4.74 Å². The van der Waals surface area contributed by atoms with Crippen LogP contribution in [0.2, 0.25) is 0 Å². The van der Waals surface area contributed by atoms with E-state index in [9.17, 15) is 14.7 Å². The second-order valence-corrected chi connectivity index (χ2v) is 7.62. The maximum Gasteiger partial charge on any atom is 0.257 e. The number of fused-ring (bicyclic) bond motifs is 1. The number of carbonyl (C=O) groups excluding carboxylic acids is 2. The Labute approximate surface area is 181 Å². The molecule has 1 aliphatic heterocycles. The third kappa shape index (κ3) is 4.79. The lowest BCUT2D eigenvalue weighted by Gasteiger charge is -2.35. The third-order valence-electron chi connectivity index (χ3n) is 5.60. The van der Waals surface area contributed by atoms with Crippen LogP contribution in [0.25, 0.3) is 10.8 Å². The van der Waals surface area contributed by atoms with Crippen LogP contribution in [0.1, 0.15) is 23.2 Å². The summed E-state index contributed by atoms with van der Waals surface area (Å²) < 4.78 is 5.92. The Hall–Kier alpha value is -3.54. The number of nitrogens with zero attached hydrogens (tertiary/aromatic N) is 2. The lowest BCUT2D eigenvalue weighted by Crippen LogP contribution is -2.50. The summed E-state index contributed by atoms with van der Waals surface area (Å²) in [5, 5.41) is 12.1. The standard InChI is InChI=1S/C25H26N2O4/c28-22-11-4-3-10-21(22)25(30)27-16-14-26(15-17-27)24(29)13-6-18-31-23-12-5-8-19-7-1-2-9-20(19)23/h1-5,7-12,28H,6,13-18H2. The Bertz CT molecular complexity index is 1070. The fraction of sp³-hybridized carbons (Fsp3) is 0.280. The number of amides is 2. The van der Waals surface area contributed by atoms with Gasteiger partial charge in [-0.3, -0.25) is 9.59 Å². The maximum absolute atomic E-state index is 12.6. The largest absolute Gasteiger partial charge is 0.507 e. The van der Waals surface area contributed by atoms with Gasteiger partial charge in [-0.1, -0.05) is 48.5 Å². The molecule has 1 fully saturated rings. The van der Waals surface area contributed by atoms with E-state index in [1.165, 1.54) is 6.07 Å². The zero-order valence-corrected chi connectivity index (χ0v) is 17.4. The van der Waals surface area contributed by atoms with Crippen LogP contribution in [0.15, 0.2) is 66.7 Å². The highest BCUT2D eigenvalue weighted by Crippen LogP contribution is 2.25. The van der Waals surface area contributed by atoms with Crippen molar-refractivity contribution < 1.29 is 19.4 Å². The first-order valence-electron chi connectivity index (χ1n) is 10.6. The summed E-state index contributed by atoms with van der Waals surface area (Å²) >= 11 is 0. The van der Waals surface area contributed by atoms with Gasteiger partial charge in [-0.2, -0.15) is 0 Å². The zero-order valence-electron chi connectivity index (χ0n) is 17.4. The average molecular weight is 418 g/mol. The molecular weight excluding hydrogens is 392 g/mol. The first-order valence-corrected chi connectivity index (χ1v) is 10.6. The Morgan fingerprint density at radius 1 is 0.839 bits per heavy atom. The molecule has 0 saturated carbocycles. The van der Waals surface area contributed by atoms with Crippen LogP contribution < -0.4 is 4.74 Å². The molecule has 0 aliphatic carbocycles. The van der Waals surface area contributed by atoms with Crippen molar-refractivity contribution >= 4 is 22.6 Å². The quantitative estimate of drug-likeness (QED) is 0.620. The number of carbonyl (C=O) groups is 2. The van der Waals surface area contributed by atoms with Crippen LogP contribution in [0.4, 0.5) is 0 Å². The molecule has 6 heteroatoms. The summed E-state index contributed by atoms with van der Waals surface area (Å²) in [6.07, 6.45) is 1.05. The minimum atomic E-state index is -0.200. The average Bonchev–Trinajstić information content (AvgIpc) is 2.82. The molecule has 0 aromatic heterocycles. The fourth-order valence-corrected chi connectivity index (χ4v) is 3.87. The number of piperazine rings is 1. The zero-order chi connectivity index (χ0) is 21.6. The number of aromatic hydroxyl groups is 1. The molecule has 3 aromatic rings. The van der Waals surface area contributed by atoms with E-state index >= 15 is 0 Å². The van der Waals surface area contributed by atoms with Crippen molar-refractivity contribution in [2.24, 2.45) is 0 Å². The molecule has 0 atom stereocenters. The lowest BCUT2D eigenvalue weighted by atomic mass is 10.1. The highest BCUT2D eigenvalue weighted by atomic mass is 16.5. The topological polar surface area (TPSA) is 70.1 Å². The van der Waals surface area contributed by atoms with Crippen molar-refractivity contribution in [3.63, 3.8) is 0 Å². The molecule has 31 heavy (non-hydrogen) atoms. The lowest BCUT2D eigenvalue weighted by molar-refractivity contribution is -0.132. The fourth-order valence-electron chi connectivity index (χ4n) is 3.87. The summed E-state index contributed by atoms with van der Waals surface area (Å²) in [7, 11) is 0. The molecule has 1 saturated heterocycles. The van der Waals surface area contributed by atoms with E-state index in [0.717, 1.165) is 16.5 Å². The molecule has 4 rings (SSSR count). The van der Waals surface area contributed by atoms with Crippen molar-refractivity contribution in [1.29, 1.82) is 0 Å². The van der Waals surface area contributed by atoms with Gasteiger partial charge >= 0.3 is 0 Å². The van der Waals surface area contributed by atoms with Gasteiger partial charge in [-0.15, -0.1) is 0 Å². The predicted octanol–water partition coefficient (Wildman–Crippen LogP) is 3.69. The second kappa shape index (κ2) is 9.51. The minimum Gasteiger partial charge on any atom is -0.507 e. The summed E-state index contributed by atoms with van der Waals surface area (Å²) in [4.78, 5) is 28.6. The Balaban J connectivity index is 1.22. The van der Waals surface area contributed by atoms with Gasteiger partial charge in [0.2, 0.25) is 5.91 Å². The molecule has 3 aromatic carbocycles. The van der Waals surface area contributed by atoms with Gasteiger partial charge in [0, 0.05) is 38.0 Å². The number of hydrogen-bond acceptors (Lipinski definition) is 4. The van der Waals surface area contributed by atoms with Crippen molar-refractivity contribution in [1.82, 2.24) is 9.80 Å². The van der Waals surface area contributed by atoms with E-state index in [0.29, 0.717) is 51.2 Å². The molecule has 0 unspecified atom stereocenters. The first-order chi connectivity index (χ1) is 15.1. The van der Waals surface area contributed by atoms with Crippen molar-refractivity contribution in [3.05, 3.63) is 72.3 Å². The van der Waals surface area contributed by atoms with Crippen LogP contribution >= 0.6 is 0 Å². The summed E-state index contributed by atoms with van der Waals surface area (Å²) in [5.74, 6) is 0.698. The Morgan fingerprint density at radius 3 is 2.32 bits per heavy atom. The number of hydrogen-bond donors (Lipinski definition) is 1. The molecule has 1 heterocycles. The molecule has 6 nitrogen and oxygen atoms in total. The van der Waals surface area contributed by atoms with E-state index in [1.807, 2.05) is 30.3 Å². The predicted molar refractivity (Wildman–Crippen MR) is 119 cm³/mol. The van der Waals surface area contributed by atoms with Gasteiger partial charge in [-0.05, 0) is 30.0 Å². The van der Waals surface area contributed by atoms with Crippen molar-refractivity contribution in [3.8, 4) is 11.5 Å². The summed E-state index contributed by atoms with van der Waals surface area (Å²) in [6.45, 7) is 2.41. The van der Waals surface area contributed by atoms with Crippen molar-refractivity contribution in [2.75, 3.05) is 32.8 Å². The molecule has 2 amide bonds. The van der Waals surface area contributed by atoms with Crippen LogP contribution in [-0.4, -0.2) is 59.5 Å². The first kappa shape index (κ1) is 20.7. The van der Waals surface area contributed by atoms with Gasteiger partial charge in [0.1, 0.15) is 11.5 Å². The number of phenolic OH excluding ortho intramolecular Hbond substituents is 1. The number of rotatable bonds is 6. The van der Waals surface area contributed by atoms with E-state index < -0.39 is 0 Å². The van der Waals surface area contributed by atoms with Crippen molar-refractivity contribution in [2.45, 2.75) is 12.8 Å². The Morgan fingerprint density at radius 2 is 1.52 bits per heavy atom. The molecular formula is C25H26N2O4. The van der Waals surface area contributed by atoms with E-state index in [1.54, 1.807) is 28.0 Å². The molecule has 1 N–H and O–H groups in total. The maximum atomic E-state index is 12.6. The normalized spacial score (nSPS) is 13.9.